The molecule has 1 aromatic carbocycles. The van der Waals surface area contributed by atoms with Crippen molar-refractivity contribution in [3.05, 3.63) is 18.2 Å². The Balaban J connectivity index is 1.98. The van der Waals surface area contributed by atoms with Gasteiger partial charge in [-0.1, -0.05) is 0 Å². The second-order valence-electron chi connectivity index (χ2n) is 4.08. The van der Waals surface area contributed by atoms with Crippen LogP contribution in [0.3, 0.4) is 0 Å². The van der Waals surface area contributed by atoms with E-state index in [9.17, 15) is 0 Å². The van der Waals surface area contributed by atoms with Crippen LogP contribution in [0.15, 0.2) is 18.2 Å². The van der Waals surface area contributed by atoms with Crippen LogP contribution in [-0.4, -0.2) is 33.5 Å². The number of rotatable bonds is 5. The zero-order valence-corrected chi connectivity index (χ0v) is 10.4. The molecule has 1 aromatic rings. The minimum Gasteiger partial charge on any atom is -0.497 e. The highest BCUT2D eigenvalue weighted by atomic mass is 16.5. The second-order valence-corrected chi connectivity index (χ2v) is 4.08. The number of ether oxygens (including phenoxy) is 3. The average molecular weight is 237 g/mol. The van der Waals surface area contributed by atoms with E-state index in [1.807, 2.05) is 18.2 Å². The third kappa shape index (κ3) is 3.03. The van der Waals surface area contributed by atoms with E-state index >= 15 is 0 Å². The summed E-state index contributed by atoms with van der Waals surface area (Å²) in [4.78, 5) is 0. The van der Waals surface area contributed by atoms with Gasteiger partial charge in [-0.05, 0) is 25.0 Å². The molecule has 0 spiro atoms. The molecule has 1 N–H and O–H groups in total. The second kappa shape index (κ2) is 5.77. The van der Waals surface area contributed by atoms with Gasteiger partial charge in [0.15, 0.2) is 0 Å². The normalized spacial score (nSPS) is 19.1. The van der Waals surface area contributed by atoms with E-state index in [-0.39, 0.29) is 0 Å². The minimum absolute atomic E-state index is 0.321. The van der Waals surface area contributed by atoms with Crippen molar-refractivity contribution in [2.45, 2.75) is 18.9 Å². The van der Waals surface area contributed by atoms with Gasteiger partial charge in [-0.2, -0.15) is 0 Å². The van der Waals surface area contributed by atoms with Crippen LogP contribution in [0.25, 0.3) is 0 Å². The molecular weight excluding hydrogens is 218 g/mol. The quantitative estimate of drug-likeness (QED) is 0.853. The van der Waals surface area contributed by atoms with Crippen LogP contribution in [0.1, 0.15) is 12.8 Å². The van der Waals surface area contributed by atoms with Gasteiger partial charge in [0.25, 0.3) is 0 Å². The van der Waals surface area contributed by atoms with E-state index in [2.05, 4.69) is 5.32 Å². The van der Waals surface area contributed by atoms with E-state index < -0.39 is 0 Å². The molecule has 2 rings (SSSR count). The van der Waals surface area contributed by atoms with E-state index in [0.717, 1.165) is 43.2 Å². The predicted octanol–water partition coefficient (Wildman–Crippen LogP) is 2.29. The number of anilines is 1. The first-order chi connectivity index (χ1) is 8.33. The molecule has 1 aliphatic rings. The van der Waals surface area contributed by atoms with Crippen molar-refractivity contribution in [3.63, 3.8) is 0 Å². The zero-order valence-electron chi connectivity index (χ0n) is 10.4. The highest BCUT2D eigenvalue weighted by Crippen LogP contribution is 2.29. The highest BCUT2D eigenvalue weighted by Gasteiger charge is 2.15. The largest absolute Gasteiger partial charge is 0.497 e. The van der Waals surface area contributed by atoms with Crippen molar-refractivity contribution < 1.29 is 14.2 Å². The molecular formula is C13H19NO3. The summed E-state index contributed by atoms with van der Waals surface area (Å²) in [7, 11) is 3.31. The molecule has 17 heavy (non-hydrogen) atoms. The molecule has 0 saturated carbocycles. The number of nitrogens with one attached hydrogen (secondary N) is 1. The fraction of sp³-hybridized carbons (Fsp3) is 0.538. The van der Waals surface area contributed by atoms with Gasteiger partial charge in [0.2, 0.25) is 0 Å². The monoisotopic (exact) mass is 237 g/mol. The van der Waals surface area contributed by atoms with Crippen molar-refractivity contribution >= 4 is 5.69 Å². The van der Waals surface area contributed by atoms with Crippen molar-refractivity contribution in [1.82, 2.24) is 0 Å². The van der Waals surface area contributed by atoms with Crippen LogP contribution in [0.5, 0.6) is 11.5 Å². The van der Waals surface area contributed by atoms with Crippen LogP contribution in [0, 0.1) is 0 Å². The Morgan fingerprint density at radius 1 is 1.35 bits per heavy atom. The lowest BCUT2D eigenvalue weighted by Gasteiger charge is -2.15. The van der Waals surface area contributed by atoms with Gasteiger partial charge in [0.1, 0.15) is 11.5 Å². The van der Waals surface area contributed by atoms with Gasteiger partial charge >= 0.3 is 0 Å². The molecule has 1 saturated heterocycles. The average Bonchev–Trinajstić information content (AvgIpc) is 2.89. The van der Waals surface area contributed by atoms with Gasteiger partial charge in [-0.25, -0.2) is 0 Å². The molecule has 94 valence electrons. The molecule has 0 amide bonds. The lowest BCUT2D eigenvalue weighted by Crippen LogP contribution is -2.18. The number of methoxy groups -OCH3 is 2. The summed E-state index contributed by atoms with van der Waals surface area (Å²) in [6.45, 7) is 1.70. The minimum atomic E-state index is 0.321. The molecule has 0 radical (unpaired) electrons. The SMILES string of the molecule is COc1ccc(NCC2CCCO2)c(OC)c1. The van der Waals surface area contributed by atoms with Crippen molar-refractivity contribution in [2.24, 2.45) is 0 Å². The lowest BCUT2D eigenvalue weighted by molar-refractivity contribution is 0.120. The summed E-state index contributed by atoms with van der Waals surface area (Å²) in [5, 5.41) is 3.35. The van der Waals surface area contributed by atoms with Gasteiger partial charge in [0, 0.05) is 19.2 Å². The van der Waals surface area contributed by atoms with Crippen LogP contribution in [0.4, 0.5) is 5.69 Å². The van der Waals surface area contributed by atoms with Gasteiger partial charge in [-0.15, -0.1) is 0 Å². The fourth-order valence-electron chi connectivity index (χ4n) is 1.97. The Morgan fingerprint density at radius 3 is 2.88 bits per heavy atom. The Bertz CT molecular complexity index is 362. The first kappa shape index (κ1) is 12.0. The van der Waals surface area contributed by atoms with E-state index in [0.29, 0.717) is 6.10 Å². The maximum atomic E-state index is 5.57. The van der Waals surface area contributed by atoms with Crippen molar-refractivity contribution in [1.29, 1.82) is 0 Å². The number of benzene rings is 1. The Morgan fingerprint density at radius 2 is 2.24 bits per heavy atom. The Hall–Kier alpha value is -1.42. The smallest absolute Gasteiger partial charge is 0.145 e. The molecule has 4 heteroatoms. The summed E-state index contributed by atoms with van der Waals surface area (Å²) in [6.07, 6.45) is 2.61. The molecule has 0 aromatic heterocycles. The van der Waals surface area contributed by atoms with Crippen LogP contribution >= 0.6 is 0 Å². The van der Waals surface area contributed by atoms with Crippen molar-refractivity contribution in [2.75, 3.05) is 32.7 Å². The van der Waals surface area contributed by atoms with Gasteiger partial charge in [0.05, 0.1) is 26.0 Å². The summed E-state index contributed by atoms with van der Waals surface area (Å²) < 4.78 is 16.0. The topological polar surface area (TPSA) is 39.7 Å². The van der Waals surface area contributed by atoms with Gasteiger partial charge < -0.3 is 19.5 Å². The first-order valence-electron chi connectivity index (χ1n) is 5.91. The van der Waals surface area contributed by atoms with E-state index in [1.54, 1.807) is 14.2 Å². The maximum absolute atomic E-state index is 5.57. The molecule has 1 atom stereocenters. The Labute approximate surface area is 102 Å². The van der Waals surface area contributed by atoms with Crippen molar-refractivity contribution in [3.8, 4) is 11.5 Å². The summed E-state index contributed by atoms with van der Waals surface area (Å²) >= 11 is 0. The Kier molecular flexibility index (Phi) is 4.09. The molecule has 0 bridgehead atoms. The third-order valence-electron chi connectivity index (χ3n) is 2.95. The first-order valence-corrected chi connectivity index (χ1v) is 5.91. The van der Waals surface area contributed by atoms with Crippen LogP contribution in [-0.2, 0) is 4.74 Å². The summed E-state index contributed by atoms with van der Waals surface area (Å²) in [5.74, 6) is 1.59. The molecule has 1 fully saturated rings. The number of hydrogen-bond acceptors (Lipinski definition) is 4. The molecule has 1 unspecified atom stereocenters. The molecule has 1 aliphatic heterocycles. The molecule has 4 nitrogen and oxygen atoms in total. The van der Waals surface area contributed by atoms with Crippen LogP contribution in [0.2, 0.25) is 0 Å². The van der Waals surface area contributed by atoms with E-state index in [4.69, 9.17) is 14.2 Å². The standard InChI is InChI=1S/C13H19NO3/c1-15-10-5-6-12(13(8-10)16-2)14-9-11-4-3-7-17-11/h5-6,8,11,14H,3-4,7,9H2,1-2H3. The zero-order chi connectivity index (χ0) is 12.1. The maximum Gasteiger partial charge on any atom is 0.145 e. The fourth-order valence-corrected chi connectivity index (χ4v) is 1.97. The molecule has 0 aliphatic carbocycles. The third-order valence-corrected chi connectivity index (χ3v) is 2.95. The summed E-state index contributed by atoms with van der Waals surface area (Å²) in [6, 6.07) is 5.75. The summed E-state index contributed by atoms with van der Waals surface area (Å²) in [5.41, 5.74) is 0.976. The lowest BCUT2D eigenvalue weighted by atomic mass is 10.2. The number of hydrogen-bond donors (Lipinski definition) is 1. The van der Waals surface area contributed by atoms with Crippen LogP contribution < -0.4 is 14.8 Å². The predicted molar refractivity (Wildman–Crippen MR) is 67.0 cm³/mol. The highest BCUT2D eigenvalue weighted by molar-refractivity contribution is 5.59. The van der Waals surface area contributed by atoms with E-state index in [1.165, 1.54) is 0 Å². The van der Waals surface area contributed by atoms with Gasteiger partial charge in [-0.3, -0.25) is 0 Å². The molecule has 1 heterocycles.